The zero-order chi connectivity index (χ0) is 44.6. The largest absolute Gasteiger partial charge is 0.520 e. The van der Waals surface area contributed by atoms with E-state index >= 15 is 0 Å². The van der Waals surface area contributed by atoms with Gasteiger partial charge in [0, 0.05) is 17.8 Å². The highest BCUT2D eigenvalue weighted by atomic mass is 28.4. The smallest absolute Gasteiger partial charge is 0.315 e. The van der Waals surface area contributed by atoms with Gasteiger partial charge in [0.25, 0.3) is 11.5 Å². The Morgan fingerprint density at radius 3 is 2.07 bits per heavy atom. The second kappa shape index (κ2) is 20.2. The van der Waals surface area contributed by atoms with E-state index in [1.807, 2.05) is 95.3 Å². The third-order valence-electron chi connectivity index (χ3n) is 9.38. The highest BCUT2D eigenvalue weighted by Gasteiger charge is 2.32. The Balaban J connectivity index is 1.48. The van der Waals surface area contributed by atoms with E-state index < -0.39 is 45.4 Å². The van der Waals surface area contributed by atoms with E-state index in [2.05, 4.69) is 46.1 Å². The van der Waals surface area contributed by atoms with Crippen molar-refractivity contribution < 1.29 is 32.1 Å². The van der Waals surface area contributed by atoms with Gasteiger partial charge in [-0.1, -0.05) is 5.92 Å². The normalized spacial score (nSPS) is 15.4. The second-order valence-electron chi connectivity index (χ2n) is 19.5. The van der Waals surface area contributed by atoms with Gasteiger partial charge < -0.3 is 38.2 Å². The molecule has 328 valence electrons. The monoisotopic (exact) mass is 893 g/mol. The van der Waals surface area contributed by atoms with Crippen LogP contribution in [-0.4, -0.2) is 86.3 Å². The molecule has 0 spiro atoms. The SMILES string of the molecule is C#CCN(c1ccc(N[C@@H](CCCN[C@H](CCC(=O)O[Si](C)(C)C)C(=O)O[Si](C)(C)C)C(=O)O[Si](C)(C)C)cc1)[C@H]1CCc2cc3nc(CO[Si](C)(C)C)[nH]c(=O)c3cc21. The molecule has 0 unspecified atom stereocenters. The number of nitrogens with one attached hydrogen (secondary N) is 3. The molecule has 1 aliphatic carbocycles. The summed E-state index contributed by atoms with van der Waals surface area (Å²) in [7, 11) is -8.25. The zero-order valence-corrected chi connectivity index (χ0v) is 41.8. The van der Waals surface area contributed by atoms with Crippen LogP contribution in [0.2, 0.25) is 78.6 Å². The Morgan fingerprint density at radius 2 is 1.48 bits per heavy atom. The first-order valence-electron chi connectivity index (χ1n) is 21.0. The number of aryl methyl sites for hydroxylation is 1. The van der Waals surface area contributed by atoms with Crippen molar-refractivity contribution in [1.29, 1.82) is 0 Å². The molecule has 0 amide bonds. The zero-order valence-electron chi connectivity index (χ0n) is 37.8. The van der Waals surface area contributed by atoms with Crippen LogP contribution >= 0.6 is 0 Å². The van der Waals surface area contributed by atoms with E-state index in [0.29, 0.717) is 42.7 Å². The molecule has 17 heteroatoms. The minimum absolute atomic E-state index is 0.0432. The molecule has 0 radical (unpaired) electrons. The van der Waals surface area contributed by atoms with Crippen molar-refractivity contribution >= 4 is 73.5 Å². The van der Waals surface area contributed by atoms with Crippen LogP contribution in [0.5, 0.6) is 0 Å². The summed E-state index contributed by atoms with van der Waals surface area (Å²) < 4.78 is 23.3. The molecule has 2 aromatic carbocycles. The molecule has 0 saturated carbocycles. The molecule has 3 aromatic rings. The van der Waals surface area contributed by atoms with Gasteiger partial charge in [0.05, 0.1) is 30.1 Å². The number of anilines is 2. The molecule has 4 rings (SSSR count). The first-order valence-corrected chi connectivity index (χ1v) is 34.6. The van der Waals surface area contributed by atoms with Crippen molar-refractivity contribution in [3.8, 4) is 12.3 Å². The third kappa shape index (κ3) is 15.4. The highest BCUT2D eigenvalue weighted by Crippen LogP contribution is 2.40. The molecule has 0 saturated heterocycles. The average molecular weight is 894 g/mol. The molecule has 1 aliphatic rings. The minimum Gasteiger partial charge on any atom is -0.520 e. The standard InChI is InChI=1S/C43H67N5O8Si4/c1-14-26-48(38-23-17-30-27-37-34(28-33(30)38)41(50)47-39(46-37)29-53-57(2,3)4)32-20-18-31(19-21-32)45-36(43(52)56-60(11,12)13)16-15-25-44-35(42(51)55-59(8,9)10)22-24-40(49)54-58(5,6)7/h1,18-21,27-28,35-36,38,44-45H,15-17,22-26,29H2,2-13H3,(H,46,47,50)/t35-,36+,38+/m1/s1. The highest BCUT2D eigenvalue weighted by molar-refractivity contribution is 6.72. The molecule has 0 aliphatic heterocycles. The molecule has 3 N–H and O–H groups in total. The maximum absolute atomic E-state index is 13.6. The van der Waals surface area contributed by atoms with Crippen molar-refractivity contribution in [1.82, 2.24) is 15.3 Å². The number of nitrogens with zero attached hydrogens (tertiary/aromatic N) is 2. The maximum atomic E-state index is 13.6. The van der Waals surface area contributed by atoms with Crippen molar-refractivity contribution in [2.24, 2.45) is 0 Å². The summed E-state index contributed by atoms with van der Waals surface area (Å²) in [5.41, 5.74) is 4.33. The lowest BCUT2D eigenvalue weighted by Crippen LogP contribution is -2.44. The van der Waals surface area contributed by atoms with Gasteiger partial charge in [-0.3, -0.25) is 19.2 Å². The number of carbonyl (C=O) groups is 3. The van der Waals surface area contributed by atoms with Crippen LogP contribution < -0.4 is 21.1 Å². The molecule has 0 fully saturated rings. The van der Waals surface area contributed by atoms with Gasteiger partial charge in [0.2, 0.25) is 25.0 Å². The van der Waals surface area contributed by atoms with E-state index in [1.54, 1.807) is 0 Å². The van der Waals surface area contributed by atoms with E-state index in [9.17, 15) is 19.2 Å². The molecular formula is C43H67N5O8Si4. The van der Waals surface area contributed by atoms with Crippen LogP contribution in [0.1, 0.15) is 55.1 Å². The Morgan fingerprint density at radius 1 is 0.867 bits per heavy atom. The minimum atomic E-state index is -2.21. The quantitative estimate of drug-likeness (QED) is 0.0541. The Hall–Kier alpha value is -4.06. The molecule has 1 heterocycles. The Labute approximate surface area is 360 Å². The molecular weight excluding hydrogens is 827 g/mol. The van der Waals surface area contributed by atoms with Gasteiger partial charge in [0.1, 0.15) is 17.9 Å². The summed E-state index contributed by atoms with van der Waals surface area (Å²) in [6, 6.07) is 10.5. The number of carbonyl (C=O) groups excluding carboxylic acids is 3. The van der Waals surface area contributed by atoms with E-state index in [0.717, 1.165) is 35.3 Å². The predicted octanol–water partition coefficient (Wildman–Crippen LogP) is 7.84. The van der Waals surface area contributed by atoms with Crippen molar-refractivity contribution in [3.63, 3.8) is 0 Å². The number of rotatable bonds is 21. The molecule has 0 bridgehead atoms. The van der Waals surface area contributed by atoms with E-state index in [4.69, 9.17) is 29.1 Å². The molecule has 60 heavy (non-hydrogen) atoms. The maximum Gasteiger partial charge on any atom is 0.315 e. The topological polar surface area (TPSA) is 161 Å². The number of hydrogen-bond acceptors (Lipinski definition) is 12. The third-order valence-corrected chi connectivity index (χ3v) is 12.9. The van der Waals surface area contributed by atoms with Crippen LogP contribution in [0.15, 0.2) is 41.2 Å². The number of terminal acetylenes is 1. The lowest BCUT2D eigenvalue weighted by atomic mass is 10.0. The predicted molar refractivity (Wildman–Crippen MR) is 250 cm³/mol. The fourth-order valence-electron chi connectivity index (χ4n) is 6.91. The van der Waals surface area contributed by atoms with Crippen LogP contribution in [0, 0.1) is 12.3 Å². The Bertz CT molecular complexity index is 2080. The van der Waals surface area contributed by atoms with Crippen molar-refractivity contribution in [2.75, 3.05) is 23.3 Å². The summed E-state index contributed by atoms with van der Waals surface area (Å²) >= 11 is 0. The molecule has 13 nitrogen and oxygen atoms in total. The lowest BCUT2D eigenvalue weighted by molar-refractivity contribution is -0.139. The Kier molecular flexibility index (Phi) is 16.4. The van der Waals surface area contributed by atoms with Gasteiger partial charge in [-0.05, 0) is 165 Å². The number of benzene rings is 2. The number of aromatic nitrogens is 2. The first kappa shape index (κ1) is 48.6. The van der Waals surface area contributed by atoms with Gasteiger partial charge in [-0.15, -0.1) is 6.42 Å². The summed E-state index contributed by atoms with van der Waals surface area (Å²) in [6.07, 6.45) is 8.91. The van der Waals surface area contributed by atoms with Crippen molar-refractivity contribution in [2.45, 2.75) is 142 Å². The van der Waals surface area contributed by atoms with Crippen LogP contribution in [0.3, 0.4) is 0 Å². The fraction of sp³-hybridized carbons (Fsp3) is 0.558. The molecule has 3 atom stereocenters. The van der Waals surface area contributed by atoms with Gasteiger partial charge >= 0.3 is 11.9 Å². The summed E-state index contributed by atoms with van der Waals surface area (Å²) in [5.74, 6) is 2.33. The number of fused-ring (bicyclic) bond motifs is 2. The van der Waals surface area contributed by atoms with Crippen LogP contribution in [-0.2, 0) is 45.1 Å². The number of hydrogen-bond donors (Lipinski definition) is 3. The van der Waals surface area contributed by atoms with E-state index in [-0.39, 0.29) is 49.0 Å². The van der Waals surface area contributed by atoms with Crippen LogP contribution in [0.4, 0.5) is 11.4 Å². The summed E-state index contributed by atoms with van der Waals surface area (Å²) in [5, 5.41) is 7.23. The van der Waals surface area contributed by atoms with Gasteiger partial charge in [-0.2, -0.15) is 0 Å². The van der Waals surface area contributed by atoms with Gasteiger partial charge in [-0.25, -0.2) is 4.98 Å². The van der Waals surface area contributed by atoms with Crippen molar-refractivity contribution in [3.05, 3.63) is 63.7 Å². The summed E-state index contributed by atoms with van der Waals surface area (Å²) in [6.45, 7) is 24.9. The average Bonchev–Trinajstić information content (AvgIpc) is 3.51. The fourth-order valence-corrected chi connectivity index (χ4v) is 9.76. The lowest BCUT2D eigenvalue weighted by Gasteiger charge is -2.31. The van der Waals surface area contributed by atoms with Gasteiger partial charge in [0.15, 0.2) is 8.32 Å². The summed E-state index contributed by atoms with van der Waals surface area (Å²) in [4.78, 5) is 62.3. The number of H-pyrrole nitrogens is 1. The molecule has 1 aromatic heterocycles. The second-order valence-corrected chi connectivity index (χ2v) is 37.3. The van der Waals surface area contributed by atoms with Crippen LogP contribution in [0.25, 0.3) is 10.9 Å². The number of aromatic amines is 1. The van der Waals surface area contributed by atoms with E-state index in [1.165, 1.54) is 0 Å². The first-order chi connectivity index (χ1) is 27.8.